The summed E-state index contributed by atoms with van der Waals surface area (Å²) in [5.41, 5.74) is 0. The molecule has 1 fully saturated rings. The number of hydrogen-bond donors (Lipinski definition) is 1. The first-order valence-electron chi connectivity index (χ1n) is 5.72. The van der Waals surface area contributed by atoms with E-state index in [2.05, 4.69) is 10.3 Å². The SMILES string of the molecule is Cn1ccnc1CCNCC1CCOCO1. The molecule has 0 bridgehead atoms. The van der Waals surface area contributed by atoms with E-state index in [-0.39, 0.29) is 0 Å². The summed E-state index contributed by atoms with van der Waals surface area (Å²) >= 11 is 0. The number of rotatable bonds is 5. The smallest absolute Gasteiger partial charge is 0.147 e. The van der Waals surface area contributed by atoms with E-state index in [1.807, 2.05) is 24.0 Å². The van der Waals surface area contributed by atoms with E-state index in [4.69, 9.17) is 9.47 Å². The van der Waals surface area contributed by atoms with E-state index in [1.54, 1.807) is 0 Å². The Balaban J connectivity index is 1.59. The zero-order chi connectivity index (χ0) is 11.2. The van der Waals surface area contributed by atoms with Crippen molar-refractivity contribution in [2.75, 3.05) is 26.5 Å². The van der Waals surface area contributed by atoms with E-state index in [1.165, 1.54) is 0 Å². The normalized spacial score (nSPS) is 21.2. The summed E-state index contributed by atoms with van der Waals surface area (Å²) in [7, 11) is 2.02. The molecular weight excluding hydrogens is 206 g/mol. The summed E-state index contributed by atoms with van der Waals surface area (Å²) in [5.74, 6) is 1.11. The first-order valence-corrected chi connectivity index (χ1v) is 5.72. The molecule has 1 atom stereocenters. The Kier molecular flexibility index (Phi) is 4.33. The Morgan fingerprint density at radius 3 is 3.25 bits per heavy atom. The lowest BCUT2D eigenvalue weighted by atomic mass is 10.2. The van der Waals surface area contributed by atoms with Gasteiger partial charge in [-0.25, -0.2) is 4.98 Å². The van der Waals surface area contributed by atoms with E-state index in [0.29, 0.717) is 12.9 Å². The van der Waals surface area contributed by atoms with Crippen LogP contribution in [0.2, 0.25) is 0 Å². The molecule has 16 heavy (non-hydrogen) atoms. The van der Waals surface area contributed by atoms with Crippen molar-refractivity contribution < 1.29 is 9.47 Å². The van der Waals surface area contributed by atoms with Crippen LogP contribution >= 0.6 is 0 Å². The molecule has 1 aromatic rings. The van der Waals surface area contributed by atoms with Gasteiger partial charge in [-0.3, -0.25) is 0 Å². The number of aromatic nitrogens is 2. The number of imidazole rings is 1. The van der Waals surface area contributed by atoms with E-state index >= 15 is 0 Å². The second-order valence-corrected chi connectivity index (χ2v) is 4.01. The molecule has 1 N–H and O–H groups in total. The lowest BCUT2D eigenvalue weighted by molar-refractivity contribution is -0.137. The molecule has 1 aliphatic heterocycles. The fourth-order valence-corrected chi connectivity index (χ4v) is 1.76. The predicted molar refractivity (Wildman–Crippen MR) is 60.1 cm³/mol. The summed E-state index contributed by atoms with van der Waals surface area (Å²) < 4.78 is 12.6. The van der Waals surface area contributed by atoms with Gasteiger partial charge < -0.3 is 19.4 Å². The molecule has 1 aromatic heterocycles. The van der Waals surface area contributed by atoms with Crippen molar-refractivity contribution in [3.63, 3.8) is 0 Å². The van der Waals surface area contributed by atoms with Crippen molar-refractivity contribution in [1.29, 1.82) is 0 Å². The number of ether oxygens (including phenoxy) is 2. The molecule has 1 aliphatic rings. The zero-order valence-electron chi connectivity index (χ0n) is 9.69. The van der Waals surface area contributed by atoms with Crippen LogP contribution in [0.4, 0.5) is 0 Å². The van der Waals surface area contributed by atoms with Crippen LogP contribution in [0.5, 0.6) is 0 Å². The van der Waals surface area contributed by atoms with Gasteiger partial charge in [0.2, 0.25) is 0 Å². The minimum absolute atomic E-state index is 0.301. The molecule has 1 saturated heterocycles. The number of nitrogens with one attached hydrogen (secondary N) is 1. The minimum atomic E-state index is 0.301. The van der Waals surface area contributed by atoms with Gasteiger partial charge in [-0.05, 0) is 6.42 Å². The van der Waals surface area contributed by atoms with Crippen molar-refractivity contribution in [1.82, 2.24) is 14.9 Å². The highest BCUT2D eigenvalue weighted by Gasteiger charge is 2.13. The van der Waals surface area contributed by atoms with Crippen LogP contribution in [0.15, 0.2) is 12.4 Å². The average molecular weight is 225 g/mol. The number of nitrogens with zero attached hydrogens (tertiary/aromatic N) is 2. The highest BCUT2D eigenvalue weighted by Crippen LogP contribution is 2.04. The molecule has 1 unspecified atom stereocenters. The first-order chi connectivity index (χ1) is 7.86. The quantitative estimate of drug-likeness (QED) is 0.733. The van der Waals surface area contributed by atoms with Gasteiger partial charge in [0.05, 0.1) is 12.7 Å². The zero-order valence-corrected chi connectivity index (χ0v) is 9.69. The second-order valence-electron chi connectivity index (χ2n) is 4.01. The topological polar surface area (TPSA) is 48.3 Å². The Bertz CT molecular complexity index is 308. The fraction of sp³-hybridized carbons (Fsp3) is 0.727. The molecule has 2 heterocycles. The monoisotopic (exact) mass is 225 g/mol. The minimum Gasteiger partial charge on any atom is -0.355 e. The second kappa shape index (κ2) is 5.98. The molecule has 2 rings (SSSR count). The maximum absolute atomic E-state index is 5.43. The third kappa shape index (κ3) is 3.30. The van der Waals surface area contributed by atoms with Gasteiger partial charge in [-0.2, -0.15) is 0 Å². The van der Waals surface area contributed by atoms with Gasteiger partial charge in [0.25, 0.3) is 0 Å². The van der Waals surface area contributed by atoms with Crippen molar-refractivity contribution in [3.05, 3.63) is 18.2 Å². The summed E-state index contributed by atoms with van der Waals surface area (Å²) in [6.45, 7) is 3.08. The maximum atomic E-state index is 5.43. The fourth-order valence-electron chi connectivity index (χ4n) is 1.76. The van der Waals surface area contributed by atoms with Crippen LogP contribution < -0.4 is 5.32 Å². The average Bonchev–Trinajstić information content (AvgIpc) is 2.72. The standard InChI is InChI=1S/C11H19N3O2/c1-14-6-5-13-11(14)2-4-12-8-10-3-7-15-9-16-10/h5-6,10,12H,2-4,7-9H2,1H3. The van der Waals surface area contributed by atoms with Gasteiger partial charge in [-0.1, -0.05) is 0 Å². The highest BCUT2D eigenvalue weighted by molar-refractivity contribution is 4.91. The van der Waals surface area contributed by atoms with Crippen LogP contribution in [0.25, 0.3) is 0 Å². The predicted octanol–water partition coefficient (Wildman–Crippen LogP) is 0.315. The number of hydrogen-bond acceptors (Lipinski definition) is 4. The van der Waals surface area contributed by atoms with Gasteiger partial charge in [-0.15, -0.1) is 0 Å². The van der Waals surface area contributed by atoms with Crippen LogP contribution in [0, 0.1) is 0 Å². The summed E-state index contributed by atoms with van der Waals surface area (Å²) in [5, 5.41) is 3.39. The van der Waals surface area contributed by atoms with E-state index < -0.39 is 0 Å². The largest absolute Gasteiger partial charge is 0.355 e. The summed E-state index contributed by atoms with van der Waals surface area (Å²) in [6.07, 6.45) is 6.03. The lowest BCUT2D eigenvalue weighted by Gasteiger charge is -2.22. The van der Waals surface area contributed by atoms with Crippen molar-refractivity contribution in [3.8, 4) is 0 Å². The Labute approximate surface area is 95.8 Å². The van der Waals surface area contributed by atoms with Crippen molar-refractivity contribution in [2.45, 2.75) is 18.9 Å². The van der Waals surface area contributed by atoms with Crippen molar-refractivity contribution in [2.24, 2.45) is 7.05 Å². The molecule has 90 valence electrons. The molecule has 0 aliphatic carbocycles. The van der Waals surface area contributed by atoms with Crippen LogP contribution in [-0.2, 0) is 22.9 Å². The van der Waals surface area contributed by atoms with Crippen molar-refractivity contribution >= 4 is 0 Å². The molecule has 0 radical (unpaired) electrons. The number of aryl methyl sites for hydroxylation is 1. The lowest BCUT2D eigenvalue weighted by Crippen LogP contribution is -2.35. The first kappa shape index (κ1) is 11.6. The molecule has 0 amide bonds. The van der Waals surface area contributed by atoms with Gasteiger partial charge in [0, 0.05) is 39.0 Å². The van der Waals surface area contributed by atoms with Gasteiger partial charge in [0.1, 0.15) is 12.6 Å². The Morgan fingerprint density at radius 1 is 1.62 bits per heavy atom. The van der Waals surface area contributed by atoms with Gasteiger partial charge >= 0.3 is 0 Å². The Morgan fingerprint density at radius 2 is 2.56 bits per heavy atom. The third-order valence-electron chi connectivity index (χ3n) is 2.79. The van der Waals surface area contributed by atoms with Gasteiger partial charge in [0.15, 0.2) is 0 Å². The van der Waals surface area contributed by atoms with Crippen LogP contribution in [0.1, 0.15) is 12.2 Å². The summed E-state index contributed by atoms with van der Waals surface area (Å²) in [6, 6.07) is 0. The Hall–Kier alpha value is -0.910. The molecule has 0 saturated carbocycles. The van der Waals surface area contributed by atoms with Crippen LogP contribution in [0.3, 0.4) is 0 Å². The van der Waals surface area contributed by atoms with Crippen LogP contribution in [-0.4, -0.2) is 42.1 Å². The molecule has 0 aromatic carbocycles. The van der Waals surface area contributed by atoms with E-state index in [9.17, 15) is 0 Å². The molecule has 0 spiro atoms. The molecule has 5 heteroatoms. The molecule has 5 nitrogen and oxygen atoms in total. The highest BCUT2D eigenvalue weighted by atomic mass is 16.7. The third-order valence-corrected chi connectivity index (χ3v) is 2.79. The summed E-state index contributed by atoms with van der Waals surface area (Å²) in [4.78, 5) is 4.27. The molecular formula is C11H19N3O2. The van der Waals surface area contributed by atoms with E-state index in [0.717, 1.165) is 38.4 Å². The maximum Gasteiger partial charge on any atom is 0.147 e.